The van der Waals surface area contributed by atoms with Gasteiger partial charge in [0, 0.05) is 12.1 Å². The van der Waals surface area contributed by atoms with Crippen molar-refractivity contribution in [3.63, 3.8) is 0 Å². The molecule has 0 heterocycles. The molecule has 8 heteroatoms. The van der Waals surface area contributed by atoms with Crippen molar-refractivity contribution < 1.29 is 23.1 Å². The maximum atomic E-state index is 12.6. The zero-order valence-electron chi connectivity index (χ0n) is 14.7. The third-order valence-electron chi connectivity index (χ3n) is 4.59. The molecule has 0 saturated heterocycles. The minimum atomic E-state index is -3.82. The summed E-state index contributed by atoms with van der Waals surface area (Å²) in [5.41, 5.74) is 0.286. The number of benzene rings is 2. The lowest BCUT2D eigenvalue weighted by Crippen LogP contribution is -2.43. The zero-order chi connectivity index (χ0) is 19.7. The number of aryl methyl sites for hydroxylation is 1. The average molecular weight is 388 g/mol. The summed E-state index contributed by atoms with van der Waals surface area (Å²) in [4.78, 5) is 23.7. The van der Waals surface area contributed by atoms with E-state index >= 15 is 0 Å². The maximum absolute atomic E-state index is 12.6. The molecule has 27 heavy (non-hydrogen) atoms. The Morgan fingerprint density at radius 3 is 2.37 bits per heavy atom. The van der Waals surface area contributed by atoms with Crippen LogP contribution in [0.3, 0.4) is 0 Å². The Morgan fingerprint density at radius 1 is 1.11 bits per heavy atom. The minimum Gasteiger partial charge on any atom is -0.480 e. The summed E-state index contributed by atoms with van der Waals surface area (Å²) in [6, 6.07) is 13.3. The summed E-state index contributed by atoms with van der Waals surface area (Å²) in [5, 5.41) is 11.7. The van der Waals surface area contributed by atoms with Gasteiger partial charge in [-0.15, -0.1) is 0 Å². The molecule has 1 aliphatic rings. The number of hydrogen-bond acceptors (Lipinski definition) is 4. The van der Waals surface area contributed by atoms with Crippen LogP contribution in [0.5, 0.6) is 0 Å². The molecule has 1 saturated carbocycles. The van der Waals surface area contributed by atoms with Crippen molar-refractivity contribution in [3.8, 4) is 0 Å². The number of rotatable bonds is 7. The van der Waals surface area contributed by atoms with Crippen molar-refractivity contribution in [3.05, 3.63) is 65.2 Å². The van der Waals surface area contributed by atoms with Crippen LogP contribution in [0.2, 0.25) is 0 Å². The smallest absolute Gasteiger partial charge is 0.329 e. The van der Waals surface area contributed by atoms with Gasteiger partial charge in [-0.1, -0.05) is 36.4 Å². The Kier molecular flexibility index (Phi) is 5.03. The fourth-order valence-corrected chi connectivity index (χ4v) is 3.72. The van der Waals surface area contributed by atoms with E-state index in [1.54, 1.807) is 19.1 Å². The summed E-state index contributed by atoms with van der Waals surface area (Å²) in [7, 11) is -3.82. The third kappa shape index (κ3) is 4.17. The quantitative estimate of drug-likeness (QED) is 0.670. The summed E-state index contributed by atoms with van der Waals surface area (Å²) in [5.74, 6) is -1.67. The maximum Gasteiger partial charge on any atom is 0.329 e. The van der Waals surface area contributed by atoms with Crippen molar-refractivity contribution >= 4 is 21.9 Å². The fourth-order valence-electron chi connectivity index (χ4n) is 2.67. The standard InChI is InChI=1S/C19H20N2O5S/c1-13-7-8-15(27(25,26)20-12-14-5-3-2-4-6-14)11-16(13)17(22)21-19(9-10-19)18(23)24/h2-8,11,20H,9-10,12H2,1H3,(H,21,22)(H,23,24). The van der Waals surface area contributed by atoms with Crippen LogP contribution >= 0.6 is 0 Å². The number of carbonyl (C=O) groups excluding carboxylic acids is 1. The van der Waals surface area contributed by atoms with Gasteiger partial charge in [0.25, 0.3) is 5.91 Å². The molecular weight excluding hydrogens is 368 g/mol. The molecule has 0 atom stereocenters. The molecule has 0 radical (unpaired) electrons. The molecule has 7 nitrogen and oxygen atoms in total. The van der Waals surface area contributed by atoms with E-state index in [0.717, 1.165) is 5.56 Å². The Balaban J connectivity index is 1.79. The van der Waals surface area contributed by atoms with Crippen LogP contribution in [0.1, 0.15) is 34.3 Å². The number of carboxylic acid groups (broad SMARTS) is 1. The highest BCUT2D eigenvalue weighted by molar-refractivity contribution is 7.89. The normalized spacial score (nSPS) is 15.1. The molecule has 0 unspecified atom stereocenters. The molecule has 0 aromatic heterocycles. The predicted octanol–water partition coefficient (Wildman–Crippen LogP) is 1.82. The van der Waals surface area contributed by atoms with Crippen LogP contribution in [0, 0.1) is 6.92 Å². The second kappa shape index (κ2) is 7.13. The van der Waals surface area contributed by atoms with Crippen LogP contribution in [0.4, 0.5) is 0 Å². The van der Waals surface area contributed by atoms with Gasteiger partial charge < -0.3 is 10.4 Å². The van der Waals surface area contributed by atoms with Crippen molar-refractivity contribution in [2.24, 2.45) is 0 Å². The first-order valence-electron chi connectivity index (χ1n) is 8.44. The topological polar surface area (TPSA) is 113 Å². The lowest BCUT2D eigenvalue weighted by Gasteiger charge is -2.15. The Labute approximate surface area is 157 Å². The summed E-state index contributed by atoms with van der Waals surface area (Å²) in [6.45, 7) is 1.80. The van der Waals surface area contributed by atoms with Crippen LogP contribution in [0.15, 0.2) is 53.4 Å². The second-order valence-electron chi connectivity index (χ2n) is 6.63. The molecule has 0 aliphatic heterocycles. The van der Waals surface area contributed by atoms with E-state index in [2.05, 4.69) is 10.0 Å². The van der Waals surface area contributed by atoms with E-state index < -0.39 is 27.4 Å². The van der Waals surface area contributed by atoms with Gasteiger partial charge in [-0.3, -0.25) is 4.79 Å². The average Bonchev–Trinajstić information content (AvgIpc) is 3.42. The molecule has 3 rings (SSSR count). The number of carbonyl (C=O) groups is 2. The molecule has 1 fully saturated rings. The van der Waals surface area contributed by atoms with E-state index in [-0.39, 0.29) is 17.0 Å². The van der Waals surface area contributed by atoms with E-state index in [1.165, 1.54) is 18.2 Å². The van der Waals surface area contributed by atoms with E-state index in [4.69, 9.17) is 0 Å². The Morgan fingerprint density at radius 2 is 1.78 bits per heavy atom. The molecule has 1 aliphatic carbocycles. The third-order valence-corrected chi connectivity index (χ3v) is 5.98. The van der Waals surface area contributed by atoms with Gasteiger partial charge in [-0.05, 0) is 43.0 Å². The molecule has 0 spiro atoms. The summed E-state index contributed by atoms with van der Waals surface area (Å²) < 4.78 is 27.6. The number of carboxylic acids is 1. The number of hydrogen-bond donors (Lipinski definition) is 3. The molecule has 0 bridgehead atoms. The summed E-state index contributed by atoms with van der Waals surface area (Å²) >= 11 is 0. The van der Waals surface area contributed by atoms with E-state index in [1.807, 2.05) is 18.2 Å². The van der Waals surface area contributed by atoms with Gasteiger partial charge in [0.05, 0.1) is 4.90 Å². The highest BCUT2D eigenvalue weighted by atomic mass is 32.2. The van der Waals surface area contributed by atoms with Crippen LogP contribution in [0.25, 0.3) is 0 Å². The van der Waals surface area contributed by atoms with Crippen LogP contribution in [-0.2, 0) is 21.4 Å². The van der Waals surface area contributed by atoms with E-state index in [0.29, 0.717) is 18.4 Å². The first-order valence-corrected chi connectivity index (χ1v) is 9.92. The lowest BCUT2D eigenvalue weighted by molar-refractivity contribution is -0.140. The predicted molar refractivity (Wildman–Crippen MR) is 98.7 cm³/mol. The van der Waals surface area contributed by atoms with Gasteiger partial charge in [-0.25, -0.2) is 17.9 Å². The first kappa shape index (κ1) is 19.1. The molecule has 3 N–H and O–H groups in total. The fraction of sp³-hybridized carbons (Fsp3) is 0.263. The number of sulfonamides is 1. The highest BCUT2D eigenvalue weighted by Gasteiger charge is 2.51. The summed E-state index contributed by atoms with van der Waals surface area (Å²) in [6.07, 6.45) is 0.730. The van der Waals surface area contributed by atoms with Gasteiger partial charge in [0.2, 0.25) is 10.0 Å². The zero-order valence-corrected chi connectivity index (χ0v) is 15.5. The van der Waals surface area contributed by atoms with Crippen molar-refractivity contribution in [1.29, 1.82) is 0 Å². The van der Waals surface area contributed by atoms with Crippen molar-refractivity contribution in [2.75, 3.05) is 0 Å². The first-order chi connectivity index (χ1) is 12.7. The Hall–Kier alpha value is -2.71. The number of nitrogens with one attached hydrogen (secondary N) is 2. The number of aliphatic carboxylic acids is 1. The van der Waals surface area contributed by atoms with Gasteiger partial charge >= 0.3 is 5.97 Å². The molecule has 142 valence electrons. The van der Waals surface area contributed by atoms with Crippen molar-refractivity contribution in [2.45, 2.75) is 36.7 Å². The number of amides is 1. The van der Waals surface area contributed by atoms with Gasteiger partial charge in [0.15, 0.2) is 0 Å². The van der Waals surface area contributed by atoms with Crippen LogP contribution < -0.4 is 10.0 Å². The molecular formula is C19H20N2O5S. The largest absolute Gasteiger partial charge is 0.480 e. The SMILES string of the molecule is Cc1ccc(S(=O)(=O)NCc2ccccc2)cc1C(=O)NC1(C(=O)O)CC1. The molecule has 2 aromatic carbocycles. The Bertz CT molecular complexity index is 982. The highest BCUT2D eigenvalue weighted by Crippen LogP contribution is 2.36. The molecule has 1 amide bonds. The second-order valence-corrected chi connectivity index (χ2v) is 8.40. The van der Waals surface area contributed by atoms with Gasteiger partial charge in [-0.2, -0.15) is 0 Å². The van der Waals surface area contributed by atoms with Gasteiger partial charge in [0.1, 0.15) is 5.54 Å². The van der Waals surface area contributed by atoms with Crippen LogP contribution in [-0.4, -0.2) is 30.9 Å². The lowest BCUT2D eigenvalue weighted by atomic mass is 10.1. The minimum absolute atomic E-state index is 0.0469. The monoisotopic (exact) mass is 388 g/mol. The van der Waals surface area contributed by atoms with Crippen molar-refractivity contribution in [1.82, 2.24) is 10.0 Å². The molecule has 2 aromatic rings. The van der Waals surface area contributed by atoms with E-state index in [9.17, 15) is 23.1 Å².